The van der Waals surface area contributed by atoms with E-state index in [9.17, 15) is 75.0 Å². The highest BCUT2D eigenvalue weighted by Crippen LogP contribution is 2.50. The molecule has 21 N–H and O–H groups in total. The first kappa shape index (κ1) is 87.2. The van der Waals surface area contributed by atoms with Gasteiger partial charge in [-0.1, -0.05) is 107 Å². The molecule has 114 heavy (non-hydrogen) atoms. The average Bonchev–Trinajstić information content (AvgIpc) is 0.771. The van der Waals surface area contributed by atoms with Crippen LogP contribution >= 0.6 is 23.2 Å². The number of likely N-dealkylation sites (N-methyl/N-ethyl adjacent to an activating group) is 1. The number of primary amides is 1. The number of rotatable bonds is 26. The molecule has 0 unspecified atom stereocenters. The fourth-order valence-electron chi connectivity index (χ4n) is 14.6. The number of amides is 7. The van der Waals surface area contributed by atoms with Crippen molar-refractivity contribution in [3.8, 4) is 57.1 Å². The standard InChI is InChI=1S/C78H100Cl2N10O24/c1-7-8-9-10-11-12-13-14-21-83-22-23-84-78(5)33-56(109-36(4)69(78)100)113-68-66(99)65(98)54(34-91)112-77(68)114-67-52-28-40-29-53(67)111-51-20-17-39(27-45(51)80)64(97)62-75(106)88-60(76(107)108)43-30-41(92)31-49(94)57(43)42-25-37(15-18-48(42)93)58(72(103)90-62)87-73(104)59(40)86-71(102)47(32-55(81)95)85-74(105)61(89-70(101)46(82-6)24-35(2)3)63(96)38-16-19-50(110-52)44(79)26-38/h15-20,25-31,35-36,46-47,54,56,58-66,68-69,77,82-84,91-94,96-100H,7-14,21-24,32-34H2,1-6H3,(H2,81,95)(H,85,105)(H,86,102)(H,87,104)(H,88,106)(H,89,101)(H,90,103)(H,107,108)/t36-,46+,47-,54+,56-,58+,59+,60-,61+,62-,63+,64+,65+,66-,68+,69+,77-,78-/m0/s1. The highest BCUT2D eigenvalue weighted by Gasteiger charge is 2.52. The number of phenols is 3. The summed E-state index contributed by atoms with van der Waals surface area (Å²) in [7, 11) is 1.48. The molecule has 0 aliphatic carbocycles. The lowest BCUT2D eigenvalue weighted by Gasteiger charge is -2.48. The van der Waals surface area contributed by atoms with Crippen molar-refractivity contribution in [2.75, 3.05) is 33.3 Å². The molecule has 0 aromatic heterocycles. The van der Waals surface area contributed by atoms with Crippen molar-refractivity contribution in [1.29, 1.82) is 0 Å². The summed E-state index contributed by atoms with van der Waals surface area (Å²) in [4.78, 5) is 118. The molecular weight excluding hydrogens is 1530 g/mol. The van der Waals surface area contributed by atoms with E-state index in [0.717, 1.165) is 92.5 Å². The molecular formula is C78H100Cl2N10O24. The van der Waals surface area contributed by atoms with Crippen LogP contribution in [0.25, 0.3) is 11.1 Å². The van der Waals surface area contributed by atoms with Gasteiger partial charge in [0.05, 0.1) is 41.3 Å². The van der Waals surface area contributed by atoms with Gasteiger partial charge >= 0.3 is 5.97 Å². The Kier molecular flexibility index (Phi) is 29.4. The number of carboxylic acids is 1. The number of hydrogen-bond acceptors (Lipinski definition) is 26. The Morgan fingerprint density at radius 2 is 1.29 bits per heavy atom. The molecule has 620 valence electrons. The normalized spacial score (nSPS) is 27.4. The van der Waals surface area contributed by atoms with E-state index in [0.29, 0.717) is 13.1 Å². The van der Waals surface area contributed by atoms with E-state index >= 15 is 14.4 Å². The van der Waals surface area contributed by atoms with Gasteiger partial charge in [-0.3, -0.25) is 33.6 Å². The molecule has 7 aliphatic rings. The third kappa shape index (κ3) is 20.5. The summed E-state index contributed by atoms with van der Waals surface area (Å²) in [5.74, 6) is -15.8. The number of phenolic OH excluding ortho intramolecular Hbond substituents is 3. The summed E-state index contributed by atoms with van der Waals surface area (Å²) < 4.78 is 39.4. The molecule has 5 aromatic rings. The quantitative estimate of drug-likeness (QED) is 0.0352. The maximum atomic E-state index is 16.2. The van der Waals surface area contributed by atoms with Crippen LogP contribution in [0.5, 0.6) is 46.0 Å². The number of nitrogens with one attached hydrogen (secondary N) is 9. The molecule has 0 spiro atoms. The minimum absolute atomic E-state index is 0.0992. The van der Waals surface area contributed by atoms with Gasteiger partial charge in [-0.05, 0) is 123 Å². The second-order valence-corrected chi connectivity index (χ2v) is 30.6. The molecule has 2 fully saturated rings. The molecule has 0 saturated carbocycles. The number of carboxylic acid groups (broad SMARTS) is 1. The smallest absolute Gasteiger partial charge is 0.330 e. The summed E-state index contributed by atoms with van der Waals surface area (Å²) in [5, 5.41) is 140. The number of unbranched alkanes of at least 4 members (excludes halogenated alkanes) is 7. The van der Waals surface area contributed by atoms with Crippen LogP contribution in [0.15, 0.2) is 78.9 Å². The Morgan fingerprint density at radius 3 is 1.90 bits per heavy atom. The van der Waals surface area contributed by atoms with Crippen molar-refractivity contribution in [3.05, 3.63) is 117 Å². The summed E-state index contributed by atoms with van der Waals surface area (Å²) in [5.41, 5.74) is 1.85. The van der Waals surface area contributed by atoms with Crippen molar-refractivity contribution < 1.29 is 118 Å². The third-order valence-corrected chi connectivity index (χ3v) is 21.4. The van der Waals surface area contributed by atoms with Crippen LogP contribution in [-0.4, -0.2) is 211 Å². The number of fused-ring (bicyclic) bond motifs is 15. The summed E-state index contributed by atoms with van der Waals surface area (Å²) >= 11 is 14.3. The van der Waals surface area contributed by atoms with Crippen molar-refractivity contribution in [3.63, 3.8) is 0 Å². The van der Waals surface area contributed by atoms with E-state index in [1.54, 1.807) is 13.8 Å². The number of halogens is 2. The Balaban J connectivity index is 1.15. The molecule has 7 heterocycles. The number of aromatic hydroxyl groups is 3. The predicted octanol–water partition coefficient (Wildman–Crippen LogP) is 3.47. The van der Waals surface area contributed by atoms with Gasteiger partial charge in [0.25, 0.3) is 0 Å². The fraction of sp³-hybridized carbons (Fsp3) is 0.513. The maximum absolute atomic E-state index is 16.2. The monoisotopic (exact) mass is 1630 g/mol. The molecule has 18 atom stereocenters. The molecule has 36 heteroatoms. The molecule has 34 nitrogen and oxygen atoms in total. The molecule has 11 bridgehead atoms. The molecule has 0 radical (unpaired) electrons. The van der Waals surface area contributed by atoms with Crippen LogP contribution in [0.2, 0.25) is 10.0 Å². The first-order chi connectivity index (χ1) is 54.2. The van der Waals surface area contributed by atoms with Gasteiger partial charge in [-0.25, -0.2) is 4.79 Å². The predicted molar refractivity (Wildman–Crippen MR) is 409 cm³/mol. The van der Waals surface area contributed by atoms with E-state index < -0.39 is 231 Å². The minimum Gasteiger partial charge on any atom is -0.508 e. The lowest BCUT2D eigenvalue weighted by atomic mass is 9.85. The van der Waals surface area contributed by atoms with Crippen molar-refractivity contribution in [2.45, 2.75) is 214 Å². The molecule has 7 aliphatic heterocycles. The number of carbonyl (C=O) groups excluding carboxylic acids is 7. The fourth-order valence-corrected chi connectivity index (χ4v) is 15.0. The maximum Gasteiger partial charge on any atom is 0.330 e. The first-order valence-corrected chi connectivity index (χ1v) is 38.6. The number of nitrogens with two attached hydrogens (primary N) is 1. The third-order valence-electron chi connectivity index (χ3n) is 20.8. The van der Waals surface area contributed by atoms with Gasteiger partial charge in [-0.15, -0.1) is 0 Å². The lowest BCUT2D eigenvalue weighted by Crippen LogP contribution is -2.65. The second-order valence-electron chi connectivity index (χ2n) is 29.8. The Hall–Kier alpha value is -9.24. The molecule has 2 saturated heterocycles. The van der Waals surface area contributed by atoms with Gasteiger partial charge in [0.1, 0.15) is 89.5 Å². The van der Waals surface area contributed by atoms with Crippen molar-refractivity contribution in [1.82, 2.24) is 47.9 Å². The summed E-state index contributed by atoms with van der Waals surface area (Å²) in [6, 6.07) is -0.453. The Labute approximate surface area is 666 Å². The van der Waals surface area contributed by atoms with Crippen LogP contribution in [0, 0.1) is 5.92 Å². The first-order valence-electron chi connectivity index (χ1n) is 37.9. The zero-order valence-electron chi connectivity index (χ0n) is 63.5. The highest BCUT2D eigenvalue weighted by molar-refractivity contribution is 6.32. The number of carbonyl (C=O) groups is 8. The summed E-state index contributed by atoms with van der Waals surface area (Å²) in [6.45, 7) is 9.89. The second kappa shape index (κ2) is 38.5. The number of ether oxygens (including phenoxy) is 6. The summed E-state index contributed by atoms with van der Waals surface area (Å²) in [6.07, 6.45) is -9.00. The van der Waals surface area contributed by atoms with Crippen LogP contribution in [0.4, 0.5) is 0 Å². The number of benzene rings is 5. The largest absolute Gasteiger partial charge is 0.508 e. The topological polar surface area (TPSA) is 529 Å². The lowest BCUT2D eigenvalue weighted by molar-refractivity contribution is -0.334. The van der Waals surface area contributed by atoms with Gasteiger partial charge in [-0.2, -0.15) is 0 Å². The van der Waals surface area contributed by atoms with Crippen LogP contribution in [0.3, 0.4) is 0 Å². The average molecular weight is 1630 g/mol. The number of aliphatic carboxylic acids is 1. The molecule has 7 amide bonds. The van der Waals surface area contributed by atoms with E-state index in [2.05, 4.69) is 54.8 Å². The highest BCUT2D eigenvalue weighted by atomic mass is 35.5. The van der Waals surface area contributed by atoms with E-state index in [1.165, 1.54) is 51.3 Å². The van der Waals surface area contributed by atoms with Crippen LogP contribution < -0.4 is 67.8 Å². The SMILES string of the molecule is CCCCCCCCCCNCCN[C@@]1(C)C[C@H](O[C@H]2[C@H](Oc3c4cc5cc3Oc3ccc(cc3Cl)[C@@H](O)[C@@H](NC(=O)[C@@H](CC(C)C)NC)C(=O)N[C@@H](CC(N)=O)C(=O)N[C@H]5C(=O)N[C@H]3C(=O)N[C@H](C(=O)N[C@H](C(=O)O)c5cc(O)cc(O)c5-c5cc3ccc5O)[C@H](O)c3ccc(c(Cl)c3)O4)O[C@H](CO)[C@@H](O)[C@@H]2O)O[C@@H](C)[C@H]1O. The van der Waals surface area contributed by atoms with Crippen molar-refractivity contribution >= 4 is 70.5 Å². The van der Waals surface area contributed by atoms with E-state index in [1.807, 2.05) is 13.8 Å². The van der Waals surface area contributed by atoms with Crippen LogP contribution in [-0.2, 0) is 52.6 Å². The van der Waals surface area contributed by atoms with Crippen molar-refractivity contribution in [2.24, 2.45) is 11.7 Å². The van der Waals surface area contributed by atoms with Gasteiger partial charge < -0.3 is 133 Å². The van der Waals surface area contributed by atoms with E-state index in [-0.39, 0.29) is 52.0 Å². The molecule has 5 aromatic carbocycles. The Bertz CT molecular complexity index is 4340. The molecule has 12 rings (SSSR count). The zero-order valence-corrected chi connectivity index (χ0v) is 65.0. The number of aliphatic hydroxyl groups excluding tert-OH is 6. The van der Waals surface area contributed by atoms with Crippen LogP contribution in [0.1, 0.15) is 163 Å². The van der Waals surface area contributed by atoms with E-state index in [4.69, 9.17) is 57.4 Å². The van der Waals surface area contributed by atoms with Gasteiger partial charge in [0.15, 0.2) is 29.9 Å². The minimum atomic E-state index is -2.35. The number of aliphatic hydroxyl groups is 6. The zero-order chi connectivity index (χ0) is 82.7. The Morgan fingerprint density at radius 1 is 0.675 bits per heavy atom. The van der Waals surface area contributed by atoms with Gasteiger partial charge in [0, 0.05) is 47.8 Å². The number of hydrogen-bond donors (Lipinski definition) is 20. The van der Waals surface area contributed by atoms with Gasteiger partial charge in [0.2, 0.25) is 53.4 Å².